The summed E-state index contributed by atoms with van der Waals surface area (Å²) in [6, 6.07) is 11.7. The molecule has 1 saturated heterocycles. The Balaban J connectivity index is 1.66. The first-order chi connectivity index (χ1) is 12.2. The van der Waals surface area contributed by atoms with Crippen molar-refractivity contribution in [2.24, 2.45) is 0 Å². The predicted octanol–water partition coefficient (Wildman–Crippen LogP) is 3.12. The summed E-state index contributed by atoms with van der Waals surface area (Å²) < 4.78 is 1.90. The standard InChI is InChI=1S/C20H21N3O2/c24-14-15-5-4-6-16(11-15)17-7-8-19-21-18(13-23(19)12-17)20(25)22-9-2-1-3-10-22/h4-8,11-13,24H,1-3,9-10,14H2. The Morgan fingerprint density at radius 3 is 2.68 bits per heavy atom. The number of benzene rings is 1. The highest BCUT2D eigenvalue weighted by atomic mass is 16.3. The lowest BCUT2D eigenvalue weighted by Crippen LogP contribution is -2.35. The summed E-state index contributed by atoms with van der Waals surface area (Å²) in [7, 11) is 0. The van der Waals surface area contributed by atoms with Crippen molar-refractivity contribution in [1.29, 1.82) is 0 Å². The number of carbonyl (C=O) groups excluding carboxylic acids is 1. The number of rotatable bonds is 3. The number of pyridine rings is 1. The molecule has 3 aromatic rings. The second-order valence-electron chi connectivity index (χ2n) is 6.52. The second kappa shape index (κ2) is 6.69. The molecule has 0 spiro atoms. The van der Waals surface area contributed by atoms with Crippen molar-refractivity contribution >= 4 is 11.6 Å². The van der Waals surface area contributed by atoms with Crippen LogP contribution in [-0.4, -0.2) is 38.4 Å². The van der Waals surface area contributed by atoms with Crippen LogP contribution in [0.5, 0.6) is 0 Å². The van der Waals surface area contributed by atoms with Gasteiger partial charge in [-0.15, -0.1) is 0 Å². The monoisotopic (exact) mass is 335 g/mol. The molecule has 5 nitrogen and oxygen atoms in total. The maximum Gasteiger partial charge on any atom is 0.274 e. The number of aliphatic hydroxyl groups excluding tert-OH is 1. The Morgan fingerprint density at radius 1 is 1.04 bits per heavy atom. The summed E-state index contributed by atoms with van der Waals surface area (Å²) >= 11 is 0. The van der Waals surface area contributed by atoms with Crippen molar-refractivity contribution in [2.45, 2.75) is 25.9 Å². The molecular formula is C20H21N3O2. The van der Waals surface area contributed by atoms with E-state index in [2.05, 4.69) is 4.98 Å². The Bertz CT molecular complexity index is 910. The van der Waals surface area contributed by atoms with Crippen molar-refractivity contribution < 1.29 is 9.90 Å². The number of carbonyl (C=O) groups is 1. The van der Waals surface area contributed by atoms with Gasteiger partial charge >= 0.3 is 0 Å². The van der Waals surface area contributed by atoms with E-state index in [-0.39, 0.29) is 12.5 Å². The van der Waals surface area contributed by atoms with Gasteiger partial charge < -0.3 is 14.4 Å². The van der Waals surface area contributed by atoms with Gasteiger partial charge in [0.2, 0.25) is 0 Å². The zero-order valence-electron chi connectivity index (χ0n) is 14.1. The van der Waals surface area contributed by atoms with Crippen LogP contribution in [0.4, 0.5) is 0 Å². The minimum Gasteiger partial charge on any atom is -0.392 e. The van der Waals surface area contributed by atoms with Gasteiger partial charge in [0.25, 0.3) is 5.91 Å². The average molecular weight is 335 g/mol. The SMILES string of the molecule is O=C(c1cn2cc(-c3cccc(CO)c3)ccc2n1)N1CCCCC1. The quantitative estimate of drug-likeness (QED) is 0.800. The van der Waals surface area contributed by atoms with E-state index < -0.39 is 0 Å². The summed E-state index contributed by atoms with van der Waals surface area (Å²) in [4.78, 5) is 19.0. The predicted molar refractivity (Wildman–Crippen MR) is 96.3 cm³/mol. The molecule has 1 aliphatic rings. The Hall–Kier alpha value is -2.66. The summed E-state index contributed by atoms with van der Waals surface area (Å²) in [6.07, 6.45) is 7.14. The Labute approximate surface area is 146 Å². The molecule has 1 aliphatic heterocycles. The Kier molecular flexibility index (Phi) is 4.24. The lowest BCUT2D eigenvalue weighted by Gasteiger charge is -2.25. The zero-order chi connectivity index (χ0) is 17.2. The van der Waals surface area contributed by atoms with Gasteiger partial charge in [-0.05, 0) is 54.2 Å². The van der Waals surface area contributed by atoms with Crippen LogP contribution in [0.15, 0.2) is 48.8 Å². The van der Waals surface area contributed by atoms with Crippen LogP contribution in [0.1, 0.15) is 35.3 Å². The number of likely N-dealkylation sites (tertiary alicyclic amines) is 1. The number of nitrogens with zero attached hydrogens (tertiary/aromatic N) is 3. The van der Waals surface area contributed by atoms with Crippen molar-refractivity contribution in [1.82, 2.24) is 14.3 Å². The van der Waals surface area contributed by atoms with Gasteiger partial charge in [0.15, 0.2) is 0 Å². The molecule has 0 radical (unpaired) electrons. The van der Waals surface area contributed by atoms with E-state index in [1.807, 2.05) is 58.1 Å². The van der Waals surface area contributed by atoms with Crippen molar-refractivity contribution in [3.8, 4) is 11.1 Å². The first-order valence-electron chi connectivity index (χ1n) is 8.73. The fourth-order valence-corrected chi connectivity index (χ4v) is 3.37. The minimum atomic E-state index is 0.0206. The normalized spacial score (nSPS) is 14.8. The van der Waals surface area contributed by atoms with Crippen LogP contribution in [-0.2, 0) is 6.61 Å². The number of hydrogen-bond donors (Lipinski definition) is 1. The first kappa shape index (κ1) is 15.8. The third-order valence-electron chi connectivity index (χ3n) is 4.76. The van der Waals surface area contributed by atoms with Gasteiger partial charge in [0.05, 0.1) is 6.61 Å². The molecule has 1 aromatic carbocycles. The van der Waals surface area contributed by atoms with E-state index in [9.17, 15) is 9.90 Å². The molecule has 25 heavy (non-hydrogen) atoms. The van der Waals surface area contributed by atoms with Crippen LogP contribution in [0.25, 0.3) is 16.8 Å². The van der Waals surface area contributed by atoms with Crippen molar-refractivity contribution in [2.75, 3.05) is 13.1 Å². The summed E-state index contributed by atoms with van der Waals surface area (Å²) in [5, 5.41) is 9.31. The molecule has 0 bridgehead atoms. The zero-order valence-corrected chi connectivity index (χ0v) is 14.1. The minimum absolute atomic E-state index is 0.0206. The van der Waals surface area contributed by atoms with Crippen LogP contribution in [0.3, 0.4) is 0 Å². The number of amides is 1. The molecule has 1 amide bonds. The van der Waals surface area contributed by atoms with E-state index in [0.717, 1.165) is 48.3 Å². The maximum absolute atomic E-state index is 12.6. The smallest absolute Gasteiger partial charge is 0.274 e. The number of aliphatic hydroxyl groups is 1. The molecule has 0 unspecified atom stereocenters. The highest BCUT2D eigenvalue weighted by Crippen LogP contribution is 2.22. The number of piperidine rings is 1. The highest BCUT2D eigenvalue weighted by Gasteiger charge is 2.20. The van der Waals surface area contributed by atoms with Gasteiger partial charge in [0.1, 0.15) is 11.3 Å². The van der Waals surface area contributed by atoms with E-state index >= 15 is 0 Å². The molecule has 4 rings (SSSR count). The van der Waals surface area contributed by atoms with Crippen molar-refractivity contribution in [3.63, 3.8) is 0 Å². The molecule has 5 heteroatoms. The van der Waals surface area contributed by atoms with Gasteiger partial charge in [-0.1, -0.05) is 18.2 Å². The maximum atomic E-state index is 12.6. The number of fused-ring (bicyclic) bond motifs is 1. The molecular weight excluding hydrogens is 314 g/mol. The molecule has 1 N–H and O–H groups in total. The number of aromatic nitrogens is 2. The van der Waals surface area contributed by atoms with Crippen molar-refractivity contribution in [3.05, 3.63) is 60.0 Å². The molecule has 3 heterocycles. The van der Waals surface area contributed by atoms with Gasteiger partial charge in [-0.3, -0.25) is 4.79 Å². The van der Waals surface area contributed by atoms with E-state index in [1.165, 1.54) is 6.42 Å². The first-order valence-corrected chi connectivity index (χ1v) is 8.73. The van der Waals surface area contributed by atoms with Gasteiger partial charge in [0, 0.05) is 25.5 Å². The highest BCUT2D eigenvalue weighted by molar-refractivity contribution is 5.93. The van der Waals surface area contributed by atoms with Crippen LogP contribution in [0, 0.1) is 0 Å². The lowest BCUT2D eigenvalue weighted by molar-refractivity contribution is 0.0719. The molecule has 1 fully saturated rings. The average Bonchev–Trinajstić information content (AvgIpc) is 3.11. The molecule has 128 valence electrons. The fraction of sp³-hybridized carbons (Fsp3) is 0.300. The molecule has 2 aromatic heterocycles. The van der Waals surface area contributed by atoms with Gasteiger partial charge in [-0.2, -0.15) is 0 Å². The van der Waals surface area contributed by atoms with Crippen LogP contribution >= 0.6 is 0 Å². The van der Waals surface area contributed by atoms with Gasteiger partial charge in [-0.25, -0.2) is 4.98 Å². The fourth-order valence-electron chi connectivity index (χ4n) is 3.37. The molecule has 0 atom stereocenters. The van der Waals surface area contributed by atoms with E-state index in [0.29, 0.717) is 5.69 Å². The lowest BCUT2D eigenvalue weighted by atomic mass is 10.1. The molecule has 0 saturated carbocycles. The topological polar surface area (TPSA) is 57.8 Å². The van der Waals surface area contributed by atoms with Crippen LogP contribution in [0.2, 0.25) is 0 Å². The Morgan fingerprint density at radius 2 is 1.88 bits per heavy atom. The van der Waals surface area contributed by atoms with Crippen LogP contribution < -0.4 is 0 Å². The molecule has 0 aliphatic carbocycles. The summed E-state index contributed by atoms with van der Waals surface area (Å²) in [6.45, 7) is 1.67. The second-order valence-corrected chi connectivity index (χ2v) is 6.52. The largest absolute Gasteiger partial charge is 0.392 e. The number of imidazole rings is 1. The van der Waals surface area contributed by atoms with E-state index in [1.54, 1.807) is 0 Å². The summed E-state index contributed by atoms with van der Waals surface area (Å²) in [5.41, 5.74) is 4.21. The van der Waals surface area contributed by atoms with E-state index in [4.69, 9.17) is 0 Å². The third-order valence-corrected chi connectivity index (χ3v) is 4.76. The third kappa shape index (κ3) is 3.15. The number of hydrogen-bond acceptors (Lipinski definition) is 3. The summed E-state index contributed by atoms with van der Waals surface area (Å²) in [5.74, 6) is 0.0206.